The molecule has 0 bridgehead atoms. The minimum Gasteiger partial charge on any atom is -0.481 e. The van der Waals surface area contributed by atoms with Gasteiger partial charge in [-0.2, -0.15) is 4.98 Å². The van der Waals surface area contributed by atoms with Gasteiger partial charge in [0.2, 0.25) is 11.4 Å². The molecule has 0 unspecified atom stereocenters. The number of hydrogen-bond acceptors (Lipinski definition) is 5. The van der Waals surface area contributed by atoms with E-state index in [1.165, 1.54) is 12.3 Å². The number of H-pyrrole nitrogens is 1. The summed E-state index contributed by atoms with van der Waals surface area (Å²) in [6.07, 6.45) is 1.10. The fourth-order valence-electron chi connectivity index (χ4n) is 1.86. The van der Waals surface area contributed by atoms with E-state index >= 15 is 0 Å². The zero-order valence-corrected chi connectivity index (χ0v) is 12.4. The number of aromatic amines is 1. The van der Waals surface area contributed by atoms with Crippen LogP contribution >= 0.6 is 11.6 Å². The van der Waals surface area contributed by atoms with Crippen LogP contribution in [-0.2, 0) is 0 Å². The van der Waals surface area contributed by atoms with Crippen molar-refractivity contribution in [2.75, 3.05) is 0 Å². The van der Waals surface area contributed by atoms with Crippen LogP contribution in [0.25, 0.3) is 11.4 Å². The minimum absolute atomic E-state index is 0.190. The highest BCUT2D eigenvalue weighted by atomic mass is 35.5. The molecule has 112 valence electrons. The third-order valence-electron chi connectivity index (χ3n) is 2.94. The highest BCUT2D eigenvalue weighted by molar-refractivity contribution is 6.30. The highest BCUT2D eigenvalue weighted by Crippen LogP contribution is 2.24. The molecular weight excluding hydrogens is 306 g/mol. The minimum atomic E-state index is -0.428. The van der Waals surface area contributed by atoms with Crippen molar-refractivity contribution in [3.8, 4) is 17.1 Å². The summed E-state index contributed by atoms with van der Waals surface area (Å²) in [6, 6.07) is 10.1. The fraction of sp³-hybridized carbons (Fsp3) is 0.133. The van der Waals surface area contributed by atoms with Gasteiger partial charge in [-0.25, -0.2) is 0 Å². The molecule has 1 atom stereocenters. The van der Waals surface area contributed by atoms with Crippen molar-refractivity contribution < 1.29 is 9.26 Å². The number of hydrogen-bond donors (Lipinski definition) is 1. The SMILES string of the molecule is C[C@H](Oc1cccc(Cl)c1)c1nc(-c2ccc(=O)[nH]c2)no1. The van der Waals surface area contributed by atoms with Crippen LogP contribution in [0.1, 0.15) is 18.9 Å². The van der Waals surface area contributed by atoms with E-state index in [0.717, 1.165) is 0 Å². The lowest BCUT2D eigenvalue weighted by molar-refractivity contribution is 0.176. The number of nitrogens with one attached hydrogen (secondary N) is 1. The lowest BCUT2D eigenvalue weighted by Gasteiger charge is -2.10. The monoisotopic (exact) mass is 317 g/mol. The molecule has 1 N–H and O–H groups in total. The largest absolute Gasteiger partial charge is 0.481 e. The lowest BCUT2D eigenvalue weighted by Crippen LogP contribution is -2.04. The van der Waals surface area contributed by atoms with E-state index in [9.17, 15) is 4.79 Å². The van der Waals surface area contributed by atoms with Gasteiger partial charge in [0.05, 0.1) is 0 Å². The summed E-state index contributed by atoms with van der Waals surface area (Å²) in [7, 11) is 0. The van der Waals surface area contributed by atoms with Gasteiger partial charge in [-0.1, -0.05) is 22.8 Å². The van der Waals surface area contributed by atoms with Crippen LogP contribution in [0.4, 0.5) is 0 Å². The molecule has 0 aliphatic carbocycles. The molecule has 3 rings (SSSR count). The van der Waals surface area contributed by atoms with Gasteiger partial charge in [0.1, 0.15) is 5.75 Å². The maximum absolute atomic E-state index is 11.0. The Kier molecular flexibility index (Phi) is 3.93. The number of benzene rings is 1. The quantitative estimate of drug-likeness (QED) is 0.799. The molecule has 22 heavy (non-hydrogen) atoms. The first-order valence-electron chi connectivity index (χ1n) is 6.57. The Morgan fingerprint density at radius 2 is 2.18 bits per heavy atom. The smallest absolute Gasteiger partial charge is 0.267 e. The fourth-order valence-corrected chi connectivity index (χ4v) is 2.04. The second kappa shape index (κ2) is 6.03. The summed E-state index contributed by atoms with van der Waals surface area (Å²) in [5.74, 6) is 1.33. The average Bonchev–Trinajstić information content (AvgIpc) is 2.98. The zero-order valence-electron chi connectivity index (χ0n) is 11.6. The van der Waals surface area contributed by atoms with E-state index in [0.29, 0.717) is 28.1 Å². The molecule has 0 spiro atoms. The zero-order chi connectivity index (χ0) is 15.5. The summed E-state index contributed by atoms with van der Waals surface area (Å²) in [4.78, 5) is 17.9. The molecule has 6 nitrogen and oxygen atoms in total. The highest BCUT2D eigenvalue weighted by Gasteiger charge is 2.17. The molecule has 0 amide bonds. The number of rotatable bonds is 4. The van der Waals surface area contributed by atoms with Crippen LogP contribution in [0.2, 0.25) is 5.02 Å². The number of nitrogens with zero attached hydrogens (tertiary/aromatic N) is 2. The Labute approximate surface area is 130 Å². The van der Waals surface area contributed by atoms with Crippen molar-refractivity contribution in [2.45, 2.75) is 13.0 Å². The molecule has 7 heteroatoms. The normalized spacial score (nSPS) is 12.1. The molecule has 0 saturated heterocycles. The average molecular weight is 318 g/mol. The first-order valence-corrected chi connectivity index (χ1v) is 6.94. The molecule has 1 aromatic carbocycles. The van der Waals surface area contributed by atoms with Gasteiger partial charge in [-0.15, -0.1) is 0 Å². The van der Waals surface area contributed by atoms with Crippen molar-refractivity contribution in [3.63, 3.8) is 0 Å². The predicted octanol–water partition coefficient (Wildman–Crippen LogP) is 3.22. The Morgan fingerprint density at radius 3 is 2.91 bits per heavy atom. The third kappa shape index (κ3) is 3.17. The Bertz CT molecular complexity index is 823. The van der Waals surface area contributed by atoms with E-state index in [4.69, 9.17) is 20.9 Å². The van der Waals surface area contributed by atoms with Gasteiger partial charge in [-0.05, 0) is 31.2 Å². The summed E-state index contributed by atoms with van der Waals surface area (Å²) in [6.45, 7) is 1.80. The first-order chi connectivity index (χ1) is 10.6. The van der Waals surface area contributed by atoms with E-state index in [-0.39, 0.29) is 5.56 Å². The second-order valence-corrected chi connectivity index (χ2v) is 5.05. The molecule has 0 aliphatic rings. The Hall–Kier alpha value is -2.60. The third-order valence-corrected chi connectivity index (χ3v) is 3.18. The molecular formula is C15H12ClN3O3. The van der Waals surface area contributed by atoms with Gasteiger partial charge in [0.15, 0.2) is 6.10 Å². The van der Waals surface area contributed by atoms with Gasteiger partial charge >= 0.3 is 0 Å². The van der Waals surface area contributed by atoms with E-state index < -0.39 is 6.10 Å². The van der Waals surface area contributed by atoms with Crippen LogP contribution in [0.15, 0.2) is 51.9 Å². The molecule has 0 saturated carbocycles. The molecule has 0 fully saturated rings. The number of pyridine rings is 1. The second-order valence-electron chi connectivity index (χ2n) is 4.62. The van der Waals surface area contributed by atoms with Crippen molar-refractivity contribution in [2.24, 2.45) is 0 Å². The van der Waals surface area contributed by atoms with E-state index in [1.807, 2.05) is 0 Å². The summed E-state index contributed by atoms with van der Waals surface area (Å²) >= 11 is 5.91. The first kappa shape index (κ1) is 14.3. The molecule has 2 aromatic heterocycles. The summed E-state index contributed by atoms with van der Waals surface area (Å²) in [5.41, 5.74) is 0.467. The number of ether oxygens (including phenoxy) is 1. The van der Waals surface area contributed by atoms with Gasteiger partial charge in [-0.3, -0.25) is 4.79 Å². The maximum Gasteiger partial charge on any atom is 0.267 e. The molecule has 0 aliphatic heterocycles. The van der Waals surface area contributed by atoms with Crippen LogP contribution in [0, 0.1) is 0 Å². The van der Waals surface area contributed by atoms with Gasteiger partial charge < -0.3 is 14.2 Å². The lowest BCUT2D eigenvalue weighted by atomic mass is 10.3. The van der Waals surface area contributed by atoms with Gasteiger partial charge in [0, 0.05) is 22.8 Å². The van der Waals surface area contributed by atoms with Crippen LogP contribution in [0.3, 0.4) is 0 Å². The van der Waals surface area contributed by atoms with Crippen molar-refractivity contribution in [1.82, 2.24) is 15.1 Å². The van der Waals surface area contributed by atoms with Crippen LogP contribution in [0.5, 0.6) is 5.75 Å². The summed E-state index contributed by atoms with van der Waals surface area (Å²) < 4.78 is 10.9. The number of halogens is 1. The van der Waals surface area contributed by atoms with Crippen LogP contribution < -0.4 is 10.3 Å². The van der Waals surface area contributed by atoms with Crippen molar-refractivity contribution in [3.05, 3.63) is 63.9 Å². The van der Waals surface area contributed by atoms with E-state index in [2.05, 4.69) is 15.1 Å². The Balaban J connectivity index is 1.78. The van der Waals surface area contributed by atoms with Crippen molar-refractivity contribution in [1.29, 1.82) is 0 Å². The van der Waals surface area contributed by atoms with Gasteiger partial charge in [0.25, 0.3) is 5.89 Å². The molecule has 0 radical (unpaired) electrons. The maximum atomic E-state index is 11.0. The molecule has 2 heterocycles. The summed E-state index contributed by atoms with van der Waals surface area (Å²) in [5, 5.41) is 4.47. The van der Waals surface area contributed by atoms with Crippen molar-refractivity contribution >= 4 is 11.6 Å². The predicted molar refractivity (Wildman–Crippen MR) is 80.8 cm³/mol. The van der Waals surface area contributed by atoms with E-state index in [1.54, 1.807) is 37.3 Å². The Morgan fingerprint density at radius 1 is 1.32 bits per heavy atom. The standard InChI is InChI=1S/C15H12ClN3O3/c1-9(21-12-4-2-3-11(16)7-12)15-18-14(19-22-15)10-5-6-13(20)17-8-10/h2-9H,1H3,(H,17,20)/t9-/m0/s1. The topological polar surface area (TPSA) is 81.0 Å². The van der Waals surface area contributed by atoms with Crippen LogP contribution in [-0.4, -0.2) is 15.1 Å². The number of aromatic nitrogens is 3. The molecule has 3 aromatic rings.